The number of thioether (sulfide) groups is 1. The van der Waals surface area contributed by atoms with E-state index in [2.05, 4.69) is 11.4 Å². The molecule has 0 spiro atoms. The summed E-state index contributed by atoms with van der Waals surface area (Å²) in [6, 6.07) is 9.93. The Morgan fingerprint density at radius 3 is 2.88 bits per heavy atom. The lowest BCUT2D eigenvalue weighted by Crippen LogP contribution is -2.00. The van der Waals surface area contributed by atoms with E-state index in [1.165, 1.54) is 4.90 Å². The Morgan fingerprint density at radius 2 is 2.24 bits per heavy atom. The van der Waals surface area contributed by atoms with Gasteiger partial charge >= 0.3 is 0 Å². The molecule has 0 amide bonds. The summed E-state index contributed by atoms with van der Waals surface area (Å²) in [4.78, 5) is 1.19. The maximum Gasteiger partial charge on any atom is 0.143 e. The quantitative estimate of drug-likeness (QED) is 0.821. The van der Waals surface area contributed by atoms with Gasteiger partial charge < -0.3 is 14.5 Å². The zero-order valence-corrected chi connectivity index (χ0v) is 10.7. The summed E-state index contributed by atoms with van der Waals surface area (Å²) in [5.41, 5.74) is 0.974. The van der Waals surface area contributed by atoms with Crippen LogP contribution in [0.25, 0.3) is 0 Å². The highest BCUT2D eigenvalue weighted by Gasteiger charge is 2.04. The molecule has 1 aromatic heterocycles. The number of furan rings is 1. The third kappa shape index (κ3) is 2.97. The fourth-order valence-corrected chi connectivity index (χ4v) is 1.97. The molecule has 17 heavy (non-hydrogen) atoms. The Balaban J connectivity index is 2.09. The third-order valence-corrected chi connectivity index (χ3v) is 3.17. The smallest absolute Gasteiger partial charge is 0.143 e. The first-order chi connectivity index (χ1) is 8.33. The van der Waals surface area contributed by atoms with Crippen LogP contribution in [0.3, 0.4) is 0 Å². The molecular formula is C13H15NO2S. The van der Waals surface area contributed by atoms with E-state index in [4.69, 9.17) is 9.15 Å². The molecule has 0 fully saturated rings. The maximum atomic E-state index is 5.35. The summed E-state index contributed by atoms with van der Waals surface area (Å²) in [6.45, 7) is 0.655. The fraction of sp³-hybridized carbons (Fsp3) is 0.231. The summed E-state index contributed by atoms with van der Waals surface area (Å²) in [5.74, 6) is 1.75. The second-order valence-electron chi connectivity index (χ2n) is 3.50. The van der Waals surface area contributed by atoms with Gasteiger partial charge in [-0.2, -0.15) is 0 Å². The predicted octanol–water partition coefficient (Wildman–Crippen LogP) is 3.62. The van der Waals surface area contributed by atoms with Crippen molar-refractivity contribution in [3.63, 3.8) is 0 Å². The highest BCUT2D eigenvalue weighted by atomic mass is 32.2. The van der Waals surface area contributed by atoms with Crippen LogP contribution in [0, 0.1) is 0 Å². The average Bonchev–Trinajstić information content (AvgIpc) is 2.89. The molecule has 0 unspecified atom stereocenters. The second kappa shape index (κ2) is 5.68. The topological polar surface area (TPSA) is 34.4 Å². The summed E-state index contributed by atoms with van der Waals surface area (Å²) < 4.78 is 10.6. The van der Waals surface area contributed by atoms with Crippen LogP contribution in [0.1, 0.15) is 5.76 Å². The number of anilines is 1. The molecule has 2 rings (SSSR count). The molecule has 0 atom stereocenters. The van der Waals surface area contributed by atoms with Crippen LogP contribution in [0.15, 0.2) is 45.9 Å². The van der Waals surface area contributed by atoms with Gasteiger partial charge in [-0.15, -0.1) is 11.8 Å². The van der Waals surface area contributed by atoms with Gasteiger partial charge in [-0.1, -0.05) is 0 Å². The Hall–Kier alpha value is -1.55. The molecule has 1 N–H and O–H groups in total. The lowest BCUT2D eigenvalue weighted by molar-refractivity contribution is 0.415. The molecule has 4 heteroatoms. The second-order valence-corrected chi connectivity index (χ2v) is 4.38. The van der Waals surface area contributed by atoms with Crippen molar-refractivity contribution in [3.8, 4) is 5.75 Å². The average molecular weight is 249 g/mol. The van der Waals surface area contributed by atoms with E-state index < -0.39 is 0 Å². The molecule has 0 bridgehead atoms. The van der Waals surface area contributed by atoms with Crippen molar-refractivity contribution in [2.75, 3.05) is 18.7 Å². The number of ether oxygens (including phenoxy) is 1. The van der Waals surface area contributed by atoms with Crippen LogP contribution in [-0.4, -0.2) is 13.4 Å². The first-order valence-electron chi connectivity index (χ1n) is 5.32. The van der Waals surface area contributed by atoms with Crippen LogP contribution in [0.4, 0.5) is 5.69 Å². The minimum atomic E-state index is 0.655. The number of benzene rings is 1. The van der Waals surface area contributed by atoms with Crippen LogP contribution in [0.2, 0.25) is 0 Å². The Bertz CT molecular complexity index is 468. The molecule has 90 valence electrons. The zero-order chi connectivity index (χ0) is 12.1. The van der Waals surface area contributed by atoms with Gasteiger partial charge in [0.2, 0.25) is 0 Å². The molecule has 2 aromatic rings. The Labute approximate surface area is 105 Å². The van der Waals surface area contributed by atoms with Crippen molar-refractivity contribution in [2.24, 2.45) is 0 Å². The molecular weight excluding hydrogens is 234 g/mol. The molecule has 3 nitrogen and oxygen atoms in total. The molecule has 0 radical (unpaired) electrons. The Kier molecular flexibility index (Phi) is 3.98. The van der Waals surface area contributed by atoms with Gasteiger partial charge in [-0.25, -0.2) is 0 Å². The molecule has 0 aliphatic rings. The van der Waals surface area contributed by atoms with Crippen LogP contribution in [0.5, 0.6) is 5.75 Å². The standard InChI is InChI=1S/C13H15NO2S/c1-15-13-8-11(17-2)5-6-12(13)14-9-10-4-3-7-16-10/h3-8,14H,9H2,1-2H3. The van der Waals surface area contributed by atoms with Gasteiger partial charge in [0, 0.05) is 4.90 Å². The largest absolute Gasteiger partial charge is 0.495 e. The van der Waals surface area contributed by atoms with Gasteiger partial charge in [-0.3, -0.25) is 0 Å². The fourth-order valence-electron chi connectivity index (χ4n) is 1.54. The van der Waals surface area contributed by atoms with E-state index in [0.29, 0.717) is 6.54 Å². The van der Waals surface area contributed by atoms with Crippen LogP contribution < -0.4 is 10.1 Å². The molecule has 0 aliphatic carbocycles. The van der Waals surface area contributed by atoms with E-state index in [1.54, 1.807) is 25.1 Å². The molecule has 1 heterocycles. The minimum Gasteiger partial charge on any atom is -0.495 e. The van der Waals surface area contributed by atoms with Gasteiger partial charge in [0.25, 0.3) is 0 Å². The summed E-state index contributed by atoms with van der Waals surface area (Å²) in [5, 5.41) is 3.29. The summed E-state index contributed by atoms with van der Waals surface area (Å²) >= 11 is 1.70. The van der Waals surface area contributed by atoms with Crippen molar-refractivity contribution in [2.45, 2.75) is 11.4 Å². The molecule has 1 aromatic carbocycles. The zero-order valence-electron chi connectivity index (χ0n) is 9.90. The normalized spacial score (nSPS) is 10.2. The summed E-state index contributed by atoms with van der Waals surface area (Å²) in [6.07, 6.45) is 3.72. The maximum absolute atomic E-state index is 5.35. The van der Waals surface area contributed by atoms with Crippen LogP contribution in [-0.2, 0) is 6.54 Å². The molecule has 0 aliphatic heterocycles. The number of nitrogens with one attached hydrogen (secondary N) is 1. The van der Waals surface area contributed by atoms with E-state index in [9.17, 15) is 0 Å². The highest BCUT2D eigenvalue weighted by Crippen LogP contribution is 2.29. The number of methoxy groups -OCH3 is 1. The molecule has 0 saturated carbocycles. The number of hydrogen-bond acceptors (Lipinski definition) is 4. The van der Waals surface area contributed by atoms with Gasteiger partial charge in [0.05, 0.1) is 25.6 Å². The van der Waals surface area contributed by atoms with E-state index in [0.717, 1.165) is 17.2 Å². The first kappa shape index (κ1) is 11.9. The number of rotatable bonds is 5. The van der Waals surface area contributed by atoms with Crippen molar-refractivity contribution in [1.29, 1.82) is 0 Å². The van der Waals surface area contributed by atoms with Crippen LogP contribution >= 0.6 is 11.8 Å². The van der Waals surface area contributed by atoms with Gasteiger partial charge in [-0.05, 0) is 36.6 Å². The van der Waals surface area contributed by atoms with Crippen molar-refractivity contribution in [1.82, 2.24) is 0 Å². The van der Waals surface area contributed by atoms with Crippen molar-refractivity contribution in [3.05, 3.63) is 42.4 Å². The van der Waals surface area contributed by atoms with E-state index >= 15 is 0 Å². The van der Waals surface area contributed by atoms with E-state index in [1.807, 2.05) is 30.5 Å². The first-order valence-corrected chi connectivity index (χ1v) is 6.54. The predicted molar refractivity (Wildman–Crippen MR) is 70.8 cm³/mol. The van der Waals surface area contributed by atoms with Gasteiger partial charge in [0.1, 0.15) is 11.5 Å². The Morgan fingerprint density at radius 1 is 1.35 bits per heavy atom. The highest BCUT2D eigenvalue weighted by molar-refractivity contribution is 7.98. The van der Waals surface area contributed by atoms with E-state index in [-0.39, 0.29) is 0 Å². The lowest BCUT2D eigenvalue weighted by Gasteiger charge is -2.11. The van der Waals surface area contributed by atoms with Crippen molar-refractivity contribution < 1.29 is 9.15 Å². The van der Waals surface area contributed by atoms with Crippen molar-refractivity contribution >= 4 is 17.4 Å². The minimum absolute atomic E-state index is 0.655. The number of hydrogen-bond donors (Lipinski definition) is 1. The lowest BCUT2D eigenvalue weighted by atomic mass is 10.3. The monoisotopic (exact) mass is 249 g/mol. The third-order valence-electron chi connectivity index (χ3n) is 2.44. The molecule has 0 saturated heterocycles. The van der Waals surface area contributed by atoms with Gasteiger partial charge in [0.15, 0.2) is 0 Å². The SMILES string of the molecule is COc1cc(SC)ccc1NCc1ccco1. The summed E-state index contributed by atoms with van der Waals surface area (Å²) in [7, 11) is 1.68.